The number of hydrogen-bond donors (Lipinski definition) is 2. The van der Waals surface area contributed by atoms with Crippen molar-refractivity contribution in [3.63, 3.8) is 0 Å². The minimum Gasteiger partial charge on any atom is -0.479 e. The minimum absolute atomic E-state index is 0.0293. The van der Waals surface area contributed by atoms with Crippen LogP contribution in [0.2, 0.25) is 0 Å². The van der Waals surface area contributed by atoms with Crippen LogP contribution >= 0.6 is 0 Å². The third kappa shape index (κ3) is 3.93. The zero-order chi connectivity index (χ0) is 23.9. The summed E-state index contributed by atoms with van der Waals surface area (Å²) in [5.41, 5.74) is 3.55. The van der Waals surface area contributed by atoms with E-state index in [1.807, 2.05) is 24.3 Å². The lowest BCUT2D eigenvalue weighted by molar-refractivity contribution is -0.151. The van der Waals surface area contributed by atoms with Gasteiger partial charge in [0.1, 0.15) is 12.1 Å². The van der Waals surface area contributed by atoms with E-state index in [1.165, 1.54) is 16.0 Å². The molecule has 2 aromatic rings. The summed E-state index contributed by atoms with van der Waals surface area (Å²) >= 11 is 0. The summed E-state index contributed by atoms with van der Waals surface area (Å²) in [6.07, 6.45) is 3.44. The molecule has 0 heterocycles. The lowest BCUT2D eigenvalue weighted by Gasteiger charge is -2.35. The van der Waals surface area contributed by atoms with Crippen molar-refractivity contribution < 1.29 is 24.2 Å². The van der Waals surface area contributed by atoms with Crippen LogP contribution in [0.5, 0.6) is 0 Å². The summed E-state index contributed by atoms with van der Waals surface area (Å²) in [5, 5.41) is 12.4. The van der Waals surface area contributed by atoms with E-state index in [1.54, 1.807) is 7.05 Å². The van der Waals surface area contributed by atoms with Crippen molar-refractivity contribution in [2.45, 2.75) is 56.0 Å². The van der Waals surface area contributed by atoms with Crippen molar-refractivity contribution in [2.24, 2.45) is 5.92 Å². The fraction of sp³-hybridized carbons (Fsp3) is 0.444. The number of rotatable bonds is 8. The molecule has 0 saturated heterocycles. The van der Waals surface area contributed by atoms with Crippen molar-refractivity contribution in [1.29, 1.82) is 0 Å². The molecule has 2 saturated carbocycles. The maximum Gasteiger partial charge on any atom is 0.407 e. The number of carbonyl (C=O) groups excluding carboxylic acids is 2. The minimum atomic E-state index is -1.08. The predicted octanol–water partition coefficient (Wildman–Crippen LogP) is 4.16. The lowest BCUT2D eigenvalue weighted by atomic mass is 9.78. The molecule has 7 heteroatoms. The predicted molar refractivity (Wildman–Crippen MR) is 126 cm³/mol. The number of fused-ring (bicyclic) bond motifs is 3. The molecule has 3 aliphatic rings. The number of nitrogens with one attached hydrogen (secondary N) is 1. The highest BCUT2D eigenvalue weighted by Gasteiger charge is 2.55. The Bertz CT molecular complexity index is 1080. The molecule has 0 radical (unpaired) electrons. The Morgan fingerprint density at radius 3 is 2.15 bits per heavy atom. The SMILES string of the molecule is CN(C(=O)CC(NC(=O)OCC1c2ccccc2-c2ccccc21)C1CCC1)C1(C(=O)O)CC1. The topological polar surface area (TPSA) is 95.9 Å². The van der Waals surface area contributed by atoms with Gasteiger partial charge < -0.3 is 20.1 Å². The number of likely N-dealkylation sites (N-methyl/N-ethyl adjacent to an activating group) is 1. The van der Waals surface area contributed by atoms with Crippen molar-refractivity contribution >= 4 is 18.0 Å². The first-order chi connectivity index (χ1) is 16.4. The van der Waals surface area contributed by atoms with Gasteiger partial charge in [-0.05, 0) is 53.9 Å². The van der Waals surface area contributed by atoms with E-state index in [0.717, 1.165) is 30.4 Å². The maximum absolute atomic E-state index is 12.9. The number of benzene rings is 2. The molecule has 1 atom stereocenters. The summed E-state index contributed by atoms with van der Waals surface area (Å²) in [6.45, 7) is 0.215. The molecular weight excluding hydrogens is 432 g/mol. The second kappa shape index (κ2) is 8.78. The van der Waals surface area contributed by atoms with E-state index >= 15 is 0 Å². The molecule has 0 aliphatic heterocycles. The van der Waals surface area contributed by atoms with Crippen LogP contribution in [0.15, 0.2) is 48.5 Å². The van der Waals surface area contributed by atoms with Crippen LogP contribution in [0.4, 0.5) is 4.79 Å². The monoisotopic (exact) mass is 462 g/mol. The summed E-state index contributed by atoms with van der Waals surface area (Å²) in [4.78, 5) is 38.6. The van der Waals surface area contributed by atoms with Gasteiger partial charge in [0.15, 0.2) is 0 Å². The van der Waals surface area contributed by atoms with E-state index in [0.29, 0.717) is 12.8 Å². The molecule has 7 nitrogen and oxygen atoms in total. The van der Waals surface area contributed by atoms with Crippen LogP contribution in [0.1, 0.15) is 55.6 Å². The molecule has 2 aromatic carbocycles. The van der Waals surface area contributed by atoms with Crippen LogP contribution in [-0.4, -0.2) is 53.2 Å². The van der Waals surface area contributed by atoms with Gasteiger partial charge in [-0.25, -0.2) is 9.59 Å². The summed E-state index contributed by atoms with van der Waals surface area (Å²) < 4.78 is 5.68. The highest BCUT2D eigenvalue weighted by molar-refractivity contribution is 5.89. The second-order valence-corrected chi connectivity index (χ2v) is 9.76. The van der Waals surface area contributed by atoms with Gasteiger partial charge in [-0.2, -0.15) is 0 Å². The number of carbonyl (C=O) groups is 3. The zero-order valence-electron chi connectivity index (χ0n) is 19.3. The van der Waals surface area contributed by atoms with E-state index in [2.05, 4.69) is 29.6 Å². The summed E-state index contributed by atoms with van der Waals surface area (Å²) in [6, 6.07) is 16.0. The van der Waals surface area contributed by atoms with Crippen LogP contribution < -0.4 is 5.32 Å². The Balaban J connectivity index is 1.23. The number of aliphatic carboxylic acids is 1. The molecule has 1 unspecified atom stereocenters. The Kier molecular flexibility index (Phi) is 5.80. The maximum atomic E-state index is 12.9. The second-order valence-electron chi connectivity index (χ2n) is 9.76. The van der Waals surface area contributed by atoms with Crippen LogP contribution in [0, 0.1) is 5.92 Å². The van der Waals surface area contributed by atoms with Crippen LogP contribution in [0.3, 0.4) is 0 Å². The number of carboxylic acids is 1. The van der Waals surface area contributed by atoms with Crippen LogP contribution in [-0.2, 0) is 14.3 Å². The molecule has 2 amide bonds. The van der Waals surface area contributed by atoms with Gasteiger partial charge in [-0.1, -0.05) is 55.0 Å². The van der Waals surface area contributed by atoms with Crippen LogP contribution in [0.25, 0.3) is 11.1 Å². The number of hydrogen-bond acceptors (Lipinski definition) is 4. The van der Waals surface area contributed by atoms with E-state index in [4.69, 9.17) is 4.74 Å². The number of amides is 2. The first-order valence-electron chi connectivity index (χ1n) is 12.0. The average Bonchev–Trinajstić information content (AvgIpc) is 3.55. The lowest BCUT2D eigenvalue weighted by Crippen LogP contribution is -2.50. The van der Waals surface area contributed by atoms with Gasteiger partial charge in [-0.15, -0.1) is 0 Å². The average molecular weight is 463 g/mol. The van der Waals surface area contributed by atoms with E-state index in [-0.39, 0.29) is 36.8 Å². The van der Waals surface area contributed by atoms with Gasteiger partial charge in [-0.3, -0.25) is 4.79 Å². The van der Waals surface area contributed by atoms with Crippen molar-refractivity contribution in [3.8, 4) is 11.1 Å². The fourth-order valence-corrected chi connectivity index (χ4v) is 5.34. The quantitative estimate of drug-likeness (QED) is 0.614. The van der Waals surface area contributed by atoms with E-state index in [9.17, 15) is 19.5 Å². The molecule has 5 rings (SSSR count). The summed E-state index contributed by atoms with van der Waals surface area (Å²) in [7, 11) is 1.55. The third-order valence-corrected chi connectivity index (χ3v) is 7.90. The fourth-order valence-electron chi connectivity index (χ4n) is 5.34. The normalized spacial score (nSPS) is 18.7. The number of carboxylic acid groups (broad SMARTS) is 1. The Morgan fingerprint density at radius 1 is 1.06 bits per heavy atom. The Hall–Kier alpha value is -3.35. The highest BCUT2D eigenvalue weighted by atomic mass is 16.5. The molecule has 2 N–H and O–H groups in total. The molecule has 0 aromatic heterocycles. The van der Waals surface area contributed by atoms with Gasteiger partial charge >= 0.3 is 12.1 Å². The zero-order valence-corrected chi connectivity index (χ0v) is 19.3. The van der Waals surface area contributed by atoms with Gasteiger partial charge in [0.05, 0.1) is 0 Å². The molecule has 3 aliphatic carbocycles. The Morgan fingerprint density at radius 2 is 1.65 bits per heavy atom. The van der Waals surface area contributed by atoms with Gasteiger partial charge in [0, 0.05) is 25.4 Å². The standard InChI is InChI=1S/C27H30N2O5/c1-29(27(13-14-27)25(31)32)24(30)15-23(17-7-6-8-17)28-26(33)34-16-22-20-11-4-2-9-18(20)19-10-3-5-12-21(19)22/h2-5,9-12,17,22-23H,6-8,13-16H2,1H3,(H,28,33)(H,31,32). The first-order valence-corrected chi connectivity index (χ1v) is 12.0. The van der Waals surface area contributed by atoms with Crippen molar-refractivity contribution in [3.05, 3.63) is 59.7 Å². The molecule has 0 bridgehead atoms. The van der Waals surface area contributed by atoms with E-state index < -0.39 is 17.6 Å². The summed E-state index contributed by atoms with van der Waals surface area (Å²) in [5.74, 6) is -1.04. The van der Waals surface area contributed by atoms with Gasteiger partial charge in [0.25, 0.3) is 0 Å². The molecular formula is C27H30N2O5. The van der Waals surface area contributed by atoms with Crippen molar-refractivity contribution in [1.82, 2.24) is 10.2 Å². The highest BCUT2D eigenvalue weighted by Crippen LogP contribution is 2.45. The molecule has 34 heavy (non-hydrogen) atoms. The molecule has 2 fully saturated rings. The number of ether oxygens (including phenoxy) is 1. The Labute approximate surface area is 199 Å². The first kappa shape index (κ1) is 22.4. The number of alkyl carbamates (subject to hydrolysis) is 1. The third-order valence-electron chi connectivity index (χ3n) is 7.90. The molecule has 178 valence electrons. The smallest absolute Gasteiger partial charge is 0.407 e. The van der Waals surface area contributed by atoms with Crippen molar-refractivity contribution in [2.75, 3.05) is 13.7 Å². The largest absolute Gasteiger partial charge is 0.479 e. The molecule has 0 spiro atoms. The van der Waals surface area contributed by atoms with Gasteiger partial charge in [0.2, 0.25) is 5.91 Å². The number of nitrogens with zero attached hydrogens (tertiary/aromatic N) is 1.